The maximum atomic E-state index is 12.1. The zero-order valence-corrected chi connectivity index (χ0v) is 18.0. The highest BCUT2D eigenvalue weighted by Gasteiger charge is 2.08. The van der Waals surface area contributed by atoms with E-state index in [1.165, 1.54) is 13.2 Å². The number of amides is 2. The van der Waals surface area contributed by atoms with E-state index in [0.29, 0.717) is 23.8 Å². The number of hydrogen-bond acceptors (Lipinski definition) is 5. The zero-order chi connectivity index (χ0) is 22.8. The minimum Gasteiger partial charge on any atom is -0.495 e. The molecule has 0 fully saturated rings. The number of nitrogens with zero attached hydrogens (tertiary/aromatic N) is 1. The average molecular weight is 431 g/mol. The van der Waals surface area contributed by atoms with E-state index in [-0.39, 0.29) is 18.4 Å². The van der Waals surface area contributed by atoms with E-state index < -0.39 is 0 Å². The van der Waals surface area contributed by atoms with E-state index in [4.69, 9.17) is 9.47 Å². The Bertz CT molecular complexity index is 1080. The van der Waals surface area contributed by atoms with Gasteiger partial charge in [0.15, 0.2) is 0 Å². The Morgan fingerprint density at radius 2 is 1.88 bits per heavy atom. The third-order valence-electron chi connectivity index (χ3n) is 4.47. The van der Waals surface area contributed by atoms with Gasteiger partial charge in [-0.1, -0.05) is 24.3 Å². The molecule has 2 N–H and O–H groups in total. The molecule has 0 saturated carbocycles. The highest BCUT2D eigenvalue weighted by molar-refractivity contribution is 5.98. The predicted molar refractivity (Wildman–Crippen MR) is 123 cm³/mol. The molecule has 1 heterocycles. The second-order valence-corrected chi connectivity index (χ2v) is 6.98. The van der Waals surface area contributed by atoms with Crippen molar-refractivity contribution in [3.63, 3.8) is 0 Å². The summed E-state index contributed by atoms with van der Waals surface area (Å²) in [5, 5.41) is 5.30. The molecular formula is C25H25N3O4. The van der Waals surface area contributed by atoms with E-state index >= 15 is 0 Å². The molecule has 7 nitrogen and oxygen atoms in total. The van der Waals surface area contributed by atoms with Gasteiger partial charge in [0.2, 0.25) is 11.8 Å². The topological polar surface area (TPSA) is 89.6 Å². The van der Waals surface area contributed by atoms with Gasteiger partial charge in [0.1, 0.15) is 18.1 Å². The van der Waals surface area contributed by atoms with Crippen molar-refractivity contribution in [2.75, 3.05) is 19.0 Å². The number of anilines is 1. The van der Waals surface area contributed by atoms with Crippen LogP contribution in [0.15, 0.2) is 72.9 Å². The van der Waals surface area contributed by atoms with Crippen LogP contribution in [0.3, 0.4) is 0 Å². The Labute approximate surface area is 187 Å². The molecule has 3 aromatic rings. The molecule has 2 amide bonds. The number of methoxy groups -OCH3 is 1. The maximum Gasteiger partial charge on any atom is 0.244 e. The lowest BCUT2D eigenvalue weighted by molar-refractivity contribution is -0.121. The van der Waals surface area contributed by atoms with Gasteiger partial charge in [0.25, 0.3) is 0 Å². The summed E-state index contributed by atoms with van der Waals surface area (Å²) in [6.45, 7) is 2.15. The summed E-state index contributed by atoms with van der Waals surface area (Å²) in [6.07, 6.45) is 4.77. The quantitative estimate of drug-likeness (QED) is 0.504. The number of nitrogens with one attached hydrogen (secondary N) is 2. The van der Waals surface area contributed by atoms with Crippen molar-refractivity contribution >= 4 is 23.6 Å². The number of carbonyl (C=O) groups excluding carboxylic acids is 2. The Kier molecular flexibility index (Phi) is 7.97. The Balaban J connectivity index is 1.44. The highest BCUT2D eigenvalue weighted by atomic mass is 16.5. The van der Waals surface area contributed by atoms with Gasteiger partial charge in [-0.15, -0.1) is 0 Å². The highest BCUT2D eigenvalue weighted by Crippen LogP contribution is 2.24. The average Bonchev–Trinajstić information content (AvgIpc) is 2.81. The van der Waals surface area contributed by atoms with Crippen LogP contribution in [0, 0.1) is 6.92 Å². The number of aromatic nitrogens is 1. The van der Waals surface area contributed by atoms with Crippen LogP contribution in [0.25, 0.3) is 6.08 Å². The predicted octanol–water partition coefficient (Wildman–Crippen LogP) is 3.75. The molecule has 0 radical (unpaired) electrons. The van der Waals surface area contributed by atoms with E-state index in [1.54, 1.807) is 18.3 Å². The Morgan fingerprint density at radius 1 is 1.06 bits per heavy atom. The molecule has 0 atom stereocenters. The van der Waals surface area contributed by atoms with E-state index in [0.717, 1.165) is 16.8 Å². The van der Waals surface area contributed by atoms with Crippen LogP contribution in [0.2, 0.25) is 0 Å². The van der Waals surface area contributed by atoms with Crippen molar-refractivity contribution in [1.82, 2.24) is 10.3 Å². The molecule has 0 aliphatic carbocycles. The van der Waals surface area contributed by atoms with Crippen LogP contribution in [0.1, 0.15) is 16.8 Å². The fraction of sp³-hybridized carbons (Fsp3) is 0.160. The number of rotatable bonds is 9. The van der Waals surface area contributed by atoms with Crippen molar-refractivity contribution in [1.29, 1.82) is 0 Å². The number of ether oxygens (including phenoxy) is 2. The van der Waals surface area contributed by atoms with Crippen LogP contribution in [-0.4, -0.2) is 30.5 Å². The fourth-order valence-corrected chi connectivity index (χ4v) is 2.83. The third kappa shape index (κ3) is 6.98. The SMILES string of the molecule is COc1ccc(C)cc1NC(=O)CNC(=O)/C=C/c1ccc(OCc2ccccn2)cc1. The smallest absolute Gasteiger partial charge is 0.244 e. The van der Waals surface area contributed by atoms with Gasteiger partial charge >= 0.3 is 0 Å². The fourth-order valence-electron chi connectivity index (χ4n) is 2.83. The van der Waals surface area contributed by atoms with E-state index in [9.17, 15) is 9.59 Å². The lowest BCUT2D eigenvalue weighted by Gasteiger charge is -2.11. The molecule has 0 unspecified atom stereocenters. The normalized spacial score (nSPS) is 10.6. The summed E-state index contributed by atoms with van der Waals surface area (Å²) < 4.78 is 10.9. The van der Waals surface area contributed by atoms with Crippen molar-refractivity contribution in [2.45, 2.75) is 13.5 Å². The van der Waals surface area contributed by atoms with Crippen molar-refractivity contribution in [3.05, 3.63) is 89.8 Å². The first-order valence-electron chi connectivity index (χ1n) is 10.1. The van der Waals surface area contributed by atoms with Crippen LogP contribution in [-0.2, 0) is 16.2 Å². The van der Waals surface area contributed by atoms with Crippen LogP contribution in [0.5, 0.6) is 11.5 Å². The summed E-state index contributed by atoms with van der Waals surface area (Å²) in [5.41, 5.74) is 3.23. The Hall–Kier alpha value is -4.13. The lowest BCUT2D eigenvalue weighted by atomic mass is 10.2. The number of aryl methyl sites for hydroxylation is 1. The Morgan fingerprint density at radius 3 is 2.59 bits per heavy atom. The van der Waals surface area contributed by atoms with Gasteiger partial charge in [0, 0.05) is 12.3 Å². The molecule has 0 bridgehead atoms. The summed E-state index contributed by atoms with van der Waals surface area (Å²) in [5.74, 6) is 0.556. The third-order valence-corrected chi connectivity index (χ3v) is 4.47. The summed E-state index contributed by atoms with van der Waals surface area (Å²) in [7, 11) is 1.53. The molecule has 0 saturated heterocycles. The van der Waals surface area contributed by atoms with Gasteiger partial charge in [-0.05, 0) is 60.5 Å². The van der Waals surface area contributed by atoms with Crippen LogP contribution < -0.4 is 20.1 Å². The van der Waals surface area contributed by atoms with Gasteiger partial charge in [0.05, 0.1) is 25.0 Å². The van der Waals surface area contributed by atoms with Crippen molar-refractivity contribution in [3.8, 4) is 11.5 Å². The largest absolute Gasteiger partial charge is 0.495 e. The van der Waals surface area contributed by atoms with Gasteiger partial charge < -0.3 is 20.1 Å². The molecule has 7 heteroatoms. The molecule has 0 spiro atoms. The maximum absolute atomic E-state index is 12.1. The van der Waals surface area contributed by atoms with Gasteiger partial charge in [-0.25, -0.2) is 0 Å². The van der Waals surface area contributed by atoms with Crippen molar-refractivity contribution in [2.24, 2.45) is 0 Å². The van der Waals surface area contributed by atoms with Gasteiger partial charge in [-0.3, -0.25) is 14.6 Å². The van der Waals surface area contributed by atoms with Crippen LogP contribution in [0.4, 0.5) is 5.69 Å². The first kappa shape index (κ1) is 22.6. The second kappa shape index (κ2) is 11.3. The molecule has 0 aliphatic rings. The second-order valence-electron chi connectivity index (χ2n) is 6.98. The van der Waals surface area contributed by atoms with Gasteiger partial charge in [-0.2, -0.15) is 0 Å². The van der Waals surface area contributed by atoms with E-state index in [1.807, 2.05) is 61.5 Å². The summed E-state index contributed by atoms with van der Waals surface area (Å²) >= 11 is 0. The number of carbonyl (C=O) groups is 2. The zero-order valence-electron chi connectivity index (χ0n) is 18.0. The monoisotopic (exact) mass is 431 g/mol. The molecule has 3 rings (SSSR count). The van der Waals surface area contributed by atoms with Crippen molar-refractivity contribution < 1.29 is 19.1 Å². The van der Waals surface area contributed by atoms with Crippen LogP contribution >= 0.6 is 0 Å². The molecular weight excluding hydrogens is 406 g/mol. The summed E-state index contributed by atoms with van der Waals surface area (Å²) in [6, 6.07) is 18.5. The minimum absolute atomic E-state index is 0.152. The molecule has 2 aromatic carbocycles. The molecule has 32 heavy (non-hydrogen) atoms. The lowest BCUT2D eigenvalue weighted by Crippen LogP contribution is -2.31. The molecule has 1 aromatic heterocycles. The molecule has 164 valence electrons. The number of benzene rings is 2. The standard InChI is InChI=1S/C25H25N3O4/c1-18-6-12-23(31-2)22(15-18)28-25(30)16-27-24(29)13-9-19-7-10-21(11-8-19)32-17-20-5-3-4-14-26-20/h3-15H,16-17H2,1-2H3,(H,27,29)(H,28,30)/b13-9+. The first-order chi connectivity index (χ1) is 15.5. The summed E-state index contributed by atoms with van der Waals surface area (Å²) in [4.78, 5) is 28.4. The first-order valence-corrected chi connectivity index (χ1v) is 10.1. The minimum atomic E-state index is -0.369. The molecule has 0 aliphatic heterocycles. The van der Waals surface area contributed by atoms with E-state index in [2.05, 4.69) is 15.6 Å². The number of hydrogen-bond donors (Lipinski definition) is 2. The number of pyridine rings is 1.